The molecule has 3 rings (SSSR count). The highest BCUT2D eigenvalue weighted by Crippen LogP contribution is 2.40. The first-order valence-electron chi connectivity index (χ1n) is 7.47. The normalized spacial score (nSPS) is 34.3. The van der Waals surface area contributed by atoms with Crippen LogP contribution in [0.15, 0.2) is 43.0 Å². The Bertz CT molecular complexity index is 515. The van der Waals surface area contributed by atoms with Crippen LogP contribution in [0.3, 0.4) is 0 Å². The van der Waals surface area contributed by atoms with Crippen molar-refractivity contribution in [1.82, 2.24) is 0 Å². The second-order valence-corrected chi connectivity index (χ2v) is 6.06. The van der Waals surface area contributed by atoms with Crippen LogP contribution in [-0.2, 0) is 25.6 Å². The monoisotopic (exact) mass is 306 g/mol. The van der Waals surface area contributed by atoms with Gasteiger partial charge < -0.3 is 24.1 Å². The topological polar surface area (TPSA) is 57.2 Å². The van der Waals surface area contributed by atoms with Crippen LogP contribution in [0.2, 0.25) is 0 Å². The van der Waals surface area contributed by atoms with Gasteiger partial charge in [0.2, 0.25) is 0 Å². The van der Waals surface area contributed by atoms with Gasteiger partial charge in [0, 0.05) is 0 Å². The molecule has 1 N–H and O–H groups in total. The van der Waals surface area contributed by atoms with Crippen molar-refractivity contribution in [3.8, 4) is 0 Å². The summed E-state index contributed by atoms with van der Waals surface area (Å²) >= 11 is 0. The van der Waals surface area contributed by atoms with Crippen LogP contribution in [0, 0.1) is 0 Å². The molecule has 0 bridgehead atoms. The molecule has 120 valence electrons. The van der Waals surface area contributed by atoms with Crippen molar-refractivity contribution < 1.29 is 24.1 Å². The lowest BCUT2D eigenvalue weighted by Crippen LogP contribution is -2.37. The third-order valence-electron chi connectivity index (χ3n) is 3.88. The molecule has 2 saturated heterocycles. The van der Waals surface area contributed by atoms with Gasteiger partial charge in [0.05, 0.1) is 6.61 Å². The second kappa shape index (κ2) is 6.10. The molecular weight excluding hydrogens is 284 g/mol. The van der Waals surface area contributed by atoms with E-state index in [-0.39, 0.29) is 12.2 Å². The van der Waals surface area contributed by atoms with E-state index in [1.165, 1.54) is 6.08 Å². The quantitative estimate of drug-likeness (QED) is 0.843. The summed E-state index contributed by atoms with van der Waals surface area (Å²) in [7, 11) is 0. The van der Waals surface area contributed by atoms with Crippen LogP contribution in [0.25, 0.3) is 0 Å². The molecule has 0 amide bonds. The number of fused-ring (bicyclic) bond motifs is 1. The standard InChI is InChI=1S/C17H22O5/c1-4-12(18)13-14-15(22-17(2,3)21-14)16(20-13)19-10-11-8-6-5-7-9-11/h4-9,12-16,18H,1,10H2,2-3H3/t12-,13-,14-,15-,16-/m0/s1. The van der Waals surface area contributed by atoms with E-state index >= 15 is 0 Å². The predicted octanol–water partition coefficient (Wildman–Crippen LogP) is 2.00. The summed E-state index contributed by atoms with van der Waals surface area (Å²) in [5, 5.41) is 10.0. The van der Waals surface area contributed by atoms with Gasteiger partial charge in [-0.2, -0.15) is 0 Å². The van der Waals surface area contributed by atoms with Crippen molar-refractivity contribution in [2.75, 3.05) is 0 Å². The number of aliphatic hydroxyl groups is 1. The van der Waals surface area contributed by atoms with E-state index in [2.05, 4.69) is 6.58 Å². The van der Waals surface area contributed by atoms with Crippen molar-refractivity contribution >= 4 is 0 Å². The molecule has 0 spiro atoms. The zero-order valence-corrected chi connectivity index (χ0v) is 12.8. The molecular formula is C17H22O5. The van der Waals surface area contributed by atoms with Gasteiger partial charge in [0.1, 0.15) is 24.4 Å². The molecule has 2 aliphatic heterocycles. The van der Waals surface area contributed by atoms with E-state index in [4.69, 9.17) is 18.9 Å². The van der Waals surface area contributed by atoms with Crippen LogP contribution in [0.5, 0.6) is 0 Å². The summed E-state index contributed by atoms with van der Waals surface area (Å²) in [6, 6.07) is 9.84. The van der Waals surface area contributed by atoms with Crippen LogP contribution in [-0.4, -0.2) is 41.6 Å². The van der Waals surface area contributed by atoms with Gasteiger partial charge in [-0.25, -0.2) is 0 Å². The van der Waals surface area contributed by atoms with E-state index in [1.807, 2.05) is 44.2 Å². The van der Waals surface area contributed by atoms with Crippen molar-refractivity contribution in [3.63, 3.8) is 0 Å². The lowest BCUT2D eigenvalue weighted by Gasteiger charge is -2.25. The zero-order chi connectivity index (χ0) is 15.7. The van der Waals surface area contributed by atoms with Gasteiger partial charge in [0.25, 0.3) is 0 Å². The molecule has 5 atom stereocenters. The minimum atomic E-state index is -0.824. The summed E-state index contributed by atoms with van der Waals surface area (Å²) in [5.41, 5.74) is 1.05. The molecule has 1 aromatic carbocycles. The van der Waals surface area contributed by atoms with Crippen molar-refractivity contribution in [2.24, 2.45) is 0 Å². The van der Waals surface area contributed by atoms with E-state index < -0.39 is 24.3 Å². The molecule has 2 heterocycles. The van der Waals surface area contributed by atoms with Gasteiger partial charge in [-0.15, -0.1) is 6.58 Å². The van der Waals surface area contributed by atoms with Crippen molar-refractivity contribution in [2.45, 2.75) is 56.9 Å². The highest BCUT2D eigenvalue weighted by molar-refractivity contribution is 5.13. The predicted molar refractivity (Wildman–Crippen MR) is 79.9 cm³/mol. The van der Waals surface area contributed by atoms with Gasteiger partial charge in [-0.3, -0.25) is 0 Å². The first kappa shape index (κ1) is 15.6. The number of rotatable bonds is 5. The molecule has 0 aromatic heterocycles. The van der Waals surface area contributed by atoms with Gasteiger partial charge in [-0.05, 0) is 19.4 Å². The molecule has 22 heavy (non-hydrogen) atoms. The van der Waals surface area contributed by atoms with Gasteiger partial charge in [-0.1, -0.05) is 36.4 Å². The fourth-order valence-electron chi connectivity index (χ4n) is 2.89. The van der Waals surface area contributed by atoms with E-state index in [0.29, 0.717) is 6.61 Å². The third-order valence-corrected chi connectivity index (χ3v) is 3.88. The molecule has 0 saturated carbocycles. The Hall–Kier alpha value is -1.24. The molecule has 1 aromatic rings. The SMILES string of the molecule is C=C[C@H](O)[C@@H]1O[C@H](OCc2ccccc2)[C@H]2OC(C)(C)O[C@H]21. The maximum atomic E-state index is 10.0. The van der Waals surface area contributed by atoms with Crippen LogP contribution < -0.4 is 0 Å². The Labute approximate surface area is 130 Å². The summed E-state index contributed by atoms with van der Waals surface area (Å²) in [6.07, 6.45) is -1.23. The Morgan fingerprint density at radius 1 is 1.27 bits per heavy atom. The molecule has 5 nitrogen and oxygen atoms in total. The molecule has 0 radical (unpaired) electrons. The minimum Gasteiger partial charge on any atom is -0.386 e. The largest absolute Gasteiger partial charge is 0.386 e. The first-order chi connectivity index (χ1) is 10.5. The Morgan fingerprint density at radius 2 is 1.95 bits per heavy atom. The van der Waals surface area contributed by atoms with Crippen LogP contribution >= 0.6 is 0 Å². The summed E-state index contributed by atoms with van der Waals surface area (Å²) < 4.78 is 23.4. The Balaban J connectivity index is 1.70. The fourth-order valence-corrected chi connectivity index (χ4v) is 2.89. The maximum Gasteiger partial charge on any atom is 0.187 e. The summed E-state index contributed by atoms with van der Waals surface area (Å²) in [6.45, 7) is 7.71. The zero-order valence-electron chi connectivity index (χ0n) is 12.8. The van der Waals surface area contributed by atoms with Crippen molar-refractivity contribution in [1.29, 1.82) is 0 Å². The fraction of sp³-hybridized carbons (Fsp3) is 0.529. The lowest BCUT2D eigenvalue weighted by molar-refractivity contribution is -0.243. The Morgan fingerprint density at radius 3 is 2.64 bits per heavy atom. The average molecular weight is 306 g/mol. The number of ether oxygens (including phenoxy) is 4. The van der Waals surface area contributed by atoms with E-state index in [9.17, 15) is 5.11 Å². The average Bonchev–Trinajstić information content (AvgIpc) is 2.99. The van der Waals surface area contributed by atoms with Gasteiger partial charge >= 0.3 is 0 Å². The molecule has 2 aliphatic rings. The van der Waals surface area contributed by atoms with Gasteiger partial charge in [0.15, 0.2) is 12.1 Å². The highest BCUT2D eigenvalue weighted by Gasteiger charge is 2.57. The van der Waals surface area contributed by atoms with Crippen LogP contribution in [0.4, 0.5) is 0 Å². The number of benzene rings is 1. The van der Waals surface area contributed by atoms with E-state index in [1.54, 1.807) is 0 Å². The molecule has 0 unspecified atom stereocenters. The summed E-state index contributed by atoms with van der Waals surface area (Å²) in [4.78, 5) is 0. The Kier molecular flexibility index (Phi) is 4.34. The molecule has 2 fully saturated rings. The van der Waals surface area contributed by atoms with Crippen molar-refractivity contribution in [3.05, 3.63) is 48.6 Å². The number of aliphatic hydroxyl groups excluding tert-OH is 1. The highest BCUT2D eigenvalue weighted by atomic mass is 16.8. The summed E-state index contributed by atoms with van der Waals surface area (Å²) in [5.74, 6) is -0.716. The van der Waals surface area contributed by atoms with Crippen LogP contribution in [0.1, 0.15) is 19.4 Å². The lowest BCUT2D eigenvalue weighted by atomic mass is 10.1. The molecule has 5 heteroatoms. The number of hydrogen-bond donors (Lipinski definition) is 1. The molecule has 0 aliphatic carbocycles. The third kappa shape index (κ3) is 3.09. The smallest absolute Gasteiger partial charge is 0.187 e. The second-order valence-electron chi connectivity index (χ2n) is 6.06. The number of hydrogen-bond acceptors (Lipinski definition) is 5. The maximum absolute atomic E-state index is 10.0. The van der Waals surface area contributed by atoms with E-state index in [0.717, 1.165) is 5.56 Å². The minimum absolute atomic E-state index is 0.363. The first-order valence-corrected chi connectivity index (χ1v) is 7.47.